The summed E-state index contributed by atoms with van der Waals surface area (Å²) in [6.07, 6.45) is 6.63. The predicted octanol–water partition coefficient (Wildman–Crippen LogP) is 0.622. The molecule has 0 fully saturated rings. The lowest BCUT2D eigenvalue weighted by molar-refractivity contribution is 0.699. The molecule has 0 aliphatic heterocycles. The van der Waals surface area contributed by atoms with Crippen LogP contribution in [0.3, 0.4) is 0 Å². The molecular weight excluding hydrogens is 178 g/mol. The first-order valence-corrected chi connectivity index (χ1v) is 4.65. The predicted molar refractivity (Wildman–Crippen MR) is 51.7 cm³/mol. The van der Waals surface area contributed by atoms with Gasteiger partial charge in [0, 0.05) is 32.1 Å². The molecule has 0 bridgehead atoms. The fourth-order valence-electron chi connectivity index (χ4n) is 1.44. The highest BCUT2D eigenvalue weighted by Crippen LogP contribution is 2.02. The molecule has 5 heteroatoms. The highest BCUT2D eigenvalue weighted by Gasteiger charge is 2.03. The van der Waals surface area contributed by atoms with Gasteiger partial charge in [-0.1, -0.05) is 12.1 Å². The van der Waals surface area contributed by atoms with Crippen molar-refractivity contribution in [3.05, 3.63) is 30.1 Å². The van der Waals surface area contributed by atoms with Crippen LogP contribution in [0.2, 0.25) is 0 Å². The highest BCUT2D eigenvalue weighted by atomic mass is 15.4. The Morgan fingerprint density at radius 2 is 2.29 bits per heavy atom. The first kappa shape index (κ1) is 8.93. The first-order valence-electron chi connectivity index (χ1n) is 4.65. The van der Waals surface area contributed by atoms with Crippen molar-refractivity contribution in [2.24, 2.45) is 7.05 Å². The molecule has 0 amide bonds. The lowest BCUT2D eigenvalue weighted by atomic mass is 10.4. The van der Waals surface area contributed by atoms with Gasteiger partial charge in [-0.15, -0.1) is 5.10 Å². The molecule has 0 aliphatic rings. The van der Waals surface area contributed by atoms with Gasteiger partial charge in [0.05, 0.1) is 6.54 Å². The van der Waals surface area contributed by atoms with E-state index in [4.69, 9.17) is 0 Å². The van der Waals surface area contributed by atoms with Gasteiger partial charge in [-0.05, 0) is 0 Å². The zero-order valence-electron chi connectivity index (χ0n) is 8.38. The van der Waals surface area contributed by atoms with Crippen LogP contribution in [0.25, 0.3) is 0 Å². The normalized spacial score (nSPS) is 10.7. The number of aromatic nitrogens is 5. The second-order valence-electron chi connectivity index (χ2n) is 3.21. The number of nitrogens with zero attached hydrogens (tertiary/aromatic N) is 5. The summed E-state index contributed by atoms with van der Waals surface area (Å²) in [6.45, 7) is 2.84. The van der Waals surface area contributed by atoms with E-state index in [2.05, 4.69) is 26.8 Å². The van der Waals surface area contributed by atoms with Crippen molar-refractivity contribution in [2.75, 3.05) is 0 Å². The third kappa shape index (κ3) is 1.66. The van der Waals surface area contributed by atoms with E-state index in [0.717, 1.165) is 24.5 Å². The van der Waals surface area contributed by atoms with Gasteiger partial charge in [0.2, 0.25) is 0 Å². The van der Waals surface area contributed by atoms with Crippen molar-refractivity contribution in [1.29, 1.82) is 0 Å². The minimum atomic E-state index is 0.747. The molecule has 0 atom stereocenters. The van der Waals surface area contributed by atoms with Gasteiger partial charge >= 0.3 is 0 Å². The molecule has 0 aliphatic carbocycles. The Morgan fingerprint density at radius 3 is 2.93 bits per heavy atom. The summed E-state index contributed by atoms with van der Waals surface area (Å²) in [5.41, 5.74) is 0.959. The molecular formula is C9H13N5. The van der Waals surface area contributed by atoms with Gasteiger partial charge in [0.25, 0.3) is 0 Å². The number of hydrogen-bond donors (Lipinski definition) is 0. The van der Waals surface area contributed by atoms with Crippen molar-refractivity contribution in [1.82, 2.24) is 24.5 Å². The Labute approximate surface area is 82.4 Å². The highest BCUT2D eigenvalue weighted by molar-refractivity contribution is 4.99. The smallest absolute Gasteiger partial charge is 0.108 e. The molecule has 5 nitrogen and oxygen atoms in total. The van der Waals surface area contributed by atoms with Crippen molar-refractivity contribution in [3.63, 3.8) is 0 Å². The van der Waals surface area contributed by atoms with Crippen LogP contribution in [0.1, 0.15) is 18.4 Å². The monoisotopic (exact) mass is 191 g/mol. The van der Waals surface area contributed by atoms with E-state index in [-0.39, 0.29) is 0 Å². The van der Waals surface area contributed by atoms with Crippen LogP contribution in [0.15, 0.2) is 18.6 Å². The number of hydrogen-bond acceptors (Lipinski definition) is 3. The molecule has 0 saturated carbocycles. The molecule has 0 saturated heterocycles. The zero-order valence-corrected chi connectivity index (χ0v) is 8.38. The summed E-state index contributed by atoms with van der Waals surface area (Å²) < 4.78 is 3.79. The molecule has 2 rings (SSSR count). The SMILES string of the molecule is CCc1nccn1Cc1cn(C)nn1. The van der Waals surface area contributed by atoms with Crippen molar-refractivity contribution >= 4 is 0 Å². The van der Waals surface area contributed by atoms with Crippen molar-refractivity contribution in [3.8, 4) is 0 Å². The van der Waals surface area contributed by atoms with E-state index in [1.54, 1.807) is 4.68 Å². The molecule has 2 aromatic rings. The van der Waals surface area contributed by atoms with Gasteiger partial charge in [-0.3, -0.25) is 4.68 Å². The molecule has 74 valence electrons. The quantitative estimate of drug-likeness (QED) is 0.714. The maximum absolute atomic E-state index is 4.25. The van der Waals surface area contributed by atoms with E-state index >= 15 is 0 Å². The number of aryl methyl sites for hydroxylation is 2. The average Bonchev–Trinajstić information content (AvgIpc) is 2.76. The third-order valence-electron chi connectivity index (χ3n) is 2.10. The van der Waals surface area contributed by atoms with Gasteiger partial charge in [-0.2, -0.15) is 0 Å². The average molecular weight is 191 g/mol. The maximum Gasteiger partial charge on any atom is 0.108 e. The molecule has 0 radical (unpaired) electrons. The Hall–Kier alpha value is -1.65. The molecule has 2 heterocycles. The third-order valence-corrected chi connectivity index (χ3v) is 2.10. The summed E-state index contributed by atoms with van der Waals surface area (Å²) in [6, 6.07) is 0. The molecule has 0 N–H and O–H groups in total. The number of rotatable bonds is 3. The van der Waals surface area contributed by atoms with E-state index in [1.807, 2.05) is 25.6 Å². The second kappa shape index (κ2) is 3.61. The first-order chi connectivity index (χ1) is 6.79. The van der Waals surface area contributed by atoms with Crippen LogP contribution >= 0.6 is 0 Å². The lowest BCUT2D eigenvalue weighted by Gasteiger charge is -2.02. The van der Waals surface area contributed by atoms with E-state index in [9.17, 15) is 0 Å². The minimum absolute atomic E-state index is 0.747. The second-order valence-corrected chi connectivity index (χ2v) is 3.21. The van der Waals surface area contributed by atoms with Gasteiger partial charge in [0.1, 0.15) is 11.5 Å². The van der Waals surface area contributed by atoms with Crippen LogP contribution in [0.5, 0.6) is 0 Å². The van der Waals surface area contributed by atoms with Crippen LogP contribution in [0, 0.1) is 0 Å². The summed E-state index contributed by atoms with van der Waals surface area (Å²) >= 11 is 0. The van der Waals surface area contributed by atoms with Crippen LogP contribution in [-0.2, 0) is 20.0 Å². The van der Waals surface area contributed by atoms with Crippen LogP contribution in [-0.4, -0.2) is 24.5 Å². The Morgan fingerprint density at radius 1 is 1.43 bits per heavy atom. The molecule has 0 spiro atoms. The molecule has 0 aromatic carbocycles. The summed E-state index contributed by atoms with van der Waals surface area (Å²) in [5, 5.41) is 7.92. The van der Waals surface area contributed by atoms with Gasteiger partial charge in [-0.25, -0.2) is 4.98 Å². The topological polar surface area (TPSA) is 48.5 Å². The lowest BCUT2D eigenvalue weighted by Crippen LogP contribution is -2.03. The Bertz CT molecular complexity index is 414. The molecule has 14 heavy (non-hydrogen) atoms. The minimum Gasteiger partial charge on any atom is -0.329 e. The summed E-state index contributed by atoms with van der Waals surface area (Å²) in [4.78, 5) is 4.25. The van der Waals surface area contributed by atoms with Crippen LogP contribution < -0.4 is 0 Å². The summed E-state index contributed by atoms with van der Waals surface area (Å²) in [7, 11) is 1.87. The van der Waals surface area contributed by atoms with Gasteiger partial charge in [0.15, 0.2) is 0 Å². The zero-order chi connectivity index (χ0) is 9.97. The van der Waals surface area contributed by atoms with E-state index in [0.29, 0.717) is 0 Å². The molecule has 0 unspecified atom stereocenters. The standard InChI is InChI=1S/C9H13N5/c1-3-9-10-4-5-14(9)7-8-6-13(2)12-11-8/h4-6H,3,7H2,1-2H3. The Balaban J connectivity index is 2.18. The number of imidazole rings is 1. The largest absolute Gasteiger partial charge is 0.329 e. The van der Waals surface area contributed by atoms with Gasteiger partial charge < -0.3 is 4.57 Å². The fraction of sp³-hybridized carbons (Fsp3) is 0.444. The Kier molecular flexibility index (Phi) is 2.30. The molecule has 2 aromatic heterocycles. The van der Waals surface area contributed by atoms with Crippen molar-refractivity contribution in [2.45, 2.75) is 19.9 Å². The van der Waals surface area contributed by atoms with E-state index in [1.165, 1.54) is 0 Å². The summed E-state index contributed by atoms with van der Waals surface area (Å²) in [5.74, 6) is 1.08. The maximum atomic E-state index is 4.25. The van der Waals surface area contributed by atoms with Crippen molar-refractivity contribution < 1.29 is 0 Å². The van der Waals surface area contributed by atoms with Crippen LogP contribution in [0.4, 0.5) is 0 Å². The fourth-order valence-corrected chi connectivity index (χ4v) is 1.44. The van der Waals surface area contributed by atoms with E-state index < -0.39 is 0 Å².